The van der Waals surface area contributed by atoms with Crippen LogP contribution < -0.4 is 5.32 Å². The van der Waals surface area contributed by atoms with E-state index in [1.165, 1.54) is 0 Å². The highest BCUT2D eigenvalue weighted by molar-refractivity contribution is 6.32. The number of aromatic nitrogens is 3. The first-order valence-corrected chi connectivity index (χ1v) is 8.69. The van der Waals surface area contributed by atoms with Gasteiger partial charge in [0.1, 0.15) is 0 Å². The van der Waals surface area contributed by atoms with Gasteiger partial charge in [0.2, 0.25) is 5.89 Å². The summed E-state index contributed by atoms with van der Waals surface area (Å²) in [6.45, 7) is 0.442. The molecule has 0 saturated heterocycles. The first-order valence-electron chi connectivity index (χ1n) is 7.93. The van der Waals surface area contributed by atoms with Crippen LogP contribution in [0.3, 0.4) is 0 Å². The molecule has 0 aliphatic carbocycles. The minimum Gasteiger partial charge on any atom is -0.439 e. The molecule has 130 valence electrons. The molecule has 0 aliphatic heterocycles. The Balaban J connectivity index is 1.45. The normalized spacial score (nSPS) is 10.8. The van der Waals surface area contributed by atoms with Gasteiger partial charge in [-0.3, -0.25) is 0 Å². The van der Waals surface area contributed by atoms with Crippen LogP contribution in [0, 0.1) is 0 Å². The van der Waals surface area contributed by atoms with Crippen molar-refractivity contribution in [3.8, 4) is 17.0 Å². The molecule has 0 aliphatic rings. The van der Waals surface area contributed by atoms with Crippen molar-refractivity contribution < 1.29 is 4.42 Å². The number of anilines is 1. The summed E-state index contributed by atoms with van der Waals surface area (Å²) in [4.78, 5) is 4.30. The first kappa shape index (κ1) is 16.7. The molecular weight excluding hydrogens is 371 g/mol. The molecule has 4 aromatic rings. The Morgan fingerprint density at radius 2 is 2.00 bits per heavy atom. The van der Waals surface area contributed by atoms with E-state index in [4.69, 9.17) is 27.6 Å². The maximum absolute atomic E-state index is 6.35. The van der Waals surface area contributed by atoms with Gasteiger partial charge in [0.05, 0.1) is 23.5 Å². The third kappa shape index (κ3) is 3.59. The standard InChI is InChI=1S/C19H14Cl2N4O/c20-14-4-1-3-13(9-14)18-11-23-19(26-18)12-22-15-5-6-17(16(21)10-15)25-8-2-7-24-25/h1-11,22H,12H2. The van der Waals surface area contributed by atoms with E-state index in [2.05, 4.69) is 15.4 Å². The third-order valence-corrected chi connectivity index (χ3v) is 4.34. The minimum atomic E-state index is 0.442. The van der Waals surface area contributed by atoms with Crippen molar-refractivity contribution >= 4 is 28.9 Å². The van der Waals surface area contributed by atoms with Crippen molar-refractivity contribution in [3.63, 3.8) is 0 Å². The number of oxazole rings is 1. The summed E-state index contributed by atoms with van der Waals surface area (Å²) in [5.74, 6) is 1.25. The van der Waals surface area contributed by atoms with Crippen molar-refractivity contribution in [2.75, 3.05) is 5.32 Å². The van der Waals surface area contributed by atoms with Crippen LogP contribution in [0.4, 0.5) is 5.69 Å². The molecule has 0 atom stereocenters. The van der Waals surface area contributed by atoms with Gasteiger partial charge in [-0.2, -0.15) is 5.10 Å². The lowest BCUT2D eigenvalue weighted by molar-refractivity contribution is 0.516. The predicted octanol–water partition coefficient (Wildman–Crippen LogP) is 5.45. The molecule has 0 spiro atoms. The fraction of sp³-hybridized carbons (Fsp3) is 0.0526. The van der Waals surface area contributed by atoms with Gasteiger partial charge in [-0.05, 0) is 36.4 Å². The largest absolute Gasteiger partial charge is 0.439 e. The van der Waals surface area contributed by atoms with Crippen LogP contribution in [0.15, 0.2) is 71.5 Å². The number of rotatable bonds is 5. The lowest BCUT2D eigenvalue weighted by Crippen LogP contribution is -2.01. The Morgan fingerprint density at radius 1 is 1.08 bits per heavy atom. The number of nitrogens with zero attached hydrogens (tertiary/aromatic N) is 3. The van der Waals surface area contributed by atoms with Gasteiger partial charge in [0.15, 0.2) is 5.76 Å². The molecule has 2 heterocycles. The van der Waals surface area contributed by atoms with E-state index in [9.17, 15) is 0 Å². The number of halogens is 2. The number of nitrogens with one attached hydrogen (secondary N) is 1. The zero-order valence-corrected chi connectivity index (χ0v) is 15.1. The molecule has 0 saturated carbocycles. The summed E-state index contributed by atoms with van der Waals surface area (Å²) in [5, 5.41) is 8.70. The predicted molar refractivity (Wildman–Crippen MR) is 103 cm³/mol. The SMILES string of the molecule is Clc1cccc(-c2cnc(CNc3ccc(-n4cccn4)c(Cl)c3)o2)c1. The van der Waals surface area contributed by atoms with E-state index in [1.807, 2.05) is 54.7 Å². The van der Waals surface area contributed by atoms with Crippen molar-refractivity contribution in [3.05, 3.63) is 83.1 Å². The Bertz CT molecular complexity index is 1030. The lowest BCUT2D eigenvalue weighted by Gasteiger charge is -2.08. The van der Waals surface area contributed by atoms with Crippen LogP contribution in [-0.4, -0.2) is 14.8 Å². The quantitative estimate of drug-likeness (QED) is 0.497. The van der Waals surface area contributed by atoms with Crippen molar-refractivity contribution in [1.29, 1.82) is 0 Å². The van der Waals surface area contributed by atoms with Crippen LogP contribution in [-0.2, 0) is 6.54 Å². The number of benzene rings is 2. The average molecular weight is 385 g/mol. The monoisotopic (exact) mass is 384 g/mol. The number of hydrogen-bond acceptors (Lipinski definition) is 4. The molecule has 5 nitrogen and oxygen atoms in total. The molecule has 1 N–H and O–H groups in total. The van der Waals surface area contributed by atoms with E-state index in [1.54, 1.807) is 17.1 Å². The maximum atomic E-state index is 6.35. The van der Waals surface area contributed by atoms with Crippen LogP contribution in [0.1, 0.15) is 5.89 Å². The zero-order valence-electron chi connectivity index (χ0n) is 13.6. The Morgan fingerprint density at radius 3 is 2.77 bits per heavy atom. The van der Waals surface area contributed by atoms with Gasteiger partial charge in [-0.15, -0.1) is 0 Å². The highest BCUT2D eigenvalue weighted by atomic mass is 35.5. The molecule has 2 aromatic carbocycles. The van der Waals surface area contributed by atoms with Crippen LogP contribution in [0.25, 0.3) is 17.0 Å². The molecule has 0 bridgehead atoms. The summed E-state index contributed by atoms with van der Waals surface area (Å²) < 4.78 is 7.50. The first-order chi connectivity index (χ1) is 12.7. The molecule has 2 aromatic heterocycles. The summed E-state index contributed by atoms with van der Waals surface area (Å²) in [5.41, 5.74) is 2.58. The van der Waals surface area contributed by atoms with Crippen molar-refractivity contribution in [2.45, 2.75) is 6.54 Å². The van der Waals surface area contributed by atoms with Crippen LogP contribution >= 0.6 is 23.2 Å². The second-order valence-corrected chi connectivity index (χ2v) is 6.44. The third-order valence-electron chi connectivity index (χ3n) is 3.81. The molecule has 26 heavy (non-hydrogen) atoms. The van der Waals surface area contributed by atoms with E-state index >= 15 is 0 Å². The maximum Gasteiger partial charge on any atom is 0.214 e. The Hall–Kier alpha value is -2.76. The Kier molecular flexibility index (Phi) is 4.65. The second-order valence-electron chi connectivity index (χ2n) is 5.60. The minimum absolute atomic E-state index is 0.442. The molecule has 0 fully saturated rings. The van der Waals surface area contributed by atoms with Crippen LogP contribution in [0.2, 0.25) is 10.0 Å². The fourth-order valence-corrected chi connectivity index (χ4v) is 3.02. The summed E-state index contributed by atoms with van der Waals surface area (Å²) >= 11 is 12.4. The van der Waals surface area contributed by atoms with Gasteiger partial charge in [0, 0.05) is 28.7 Å². The van der Waals surface area contributed by atoms with Gasteiger partial charge in [0.25, 0.3) is 0 Å². The summed E-state index contributed by atoms with van der Waals surface area (Å²) in [6.07, 6.45) is 5.25. The van der Waals surface area contributed by atoms with E-state index < -0.39 is 0 Å². The fourth-order valence-electron chi connectivity index (χ4n) is 2.56. The smallest absolute Gasteiger partial charge is 0.214 e. The molecule has 0 amide bonds. The van der Waals surface area contributed by atoms with E-state index in [-0.39, 0.29) is 0 Å². The number of hydrogen-bond donors (Lipinski definition) is 1. The molecule has 0 unspecified atom stereocenters. The van der Waals surface area contributed by atoms with Gasteiger partial charge in [-0.1, -0.05) is 35.3 Å². The molecule has 0 radical (unpaired) electrons. The average Bonchev–Trinajstić information content (AvgIpc) is 3.32. The van der Waals surface area contributed by atoms with Gasteiger partial charge >= 0.3 is 0 Å². The summed E-state index contributed by atoms with van der Waals surface area (Å²) in [6, 6.07) is 15.0. The van der Waals surface area contributed by atoms with Crippen LogP contribution in [0.5, 0.6) is 0 Å². The molecule has 4 rings (SSSR count). The topological polar surface area (TPSA) is 55.9 Å². The second kappa shape index (κ2) is 7.23. The van der Waals surface area contributed by atoms with Gasteiger partial charge < -0.3 is 9.73 Å². The Labute approximate surface area is 160 Å². The van der Waals surface area contributed by atoms with Crippen molar-refractivity contribution in [2.24, 2.45) is 0 Å². The highest BCUT2D eigenvalue weighted by Crippen LogP contribution is 2.26. The lowest BCUT2D eigenvalue weighted by atomic mass is 10.2. The highest BCUT2D eigenvalue weighted by Gasteiger charge is 2.08. The molecule has 7 heteroatoms. The van der Waals surface area contributed by atoms with E-state index in [0.717, 1.165) is 16.9 Å². The summed E-state index contributed by atoms with van der Waals surface area (Å²) in [7, 11) is 0. The van der Waals surface area contributed by atoms with Crippen molar-refractivity contribution in [1.82, 2.24) is 14.8 Å². The zero-order chi connectivity index (χ0) is 17.9. The van der Waals surface area contributed by atoms with E-state index in [0.29, 0.717) is 28.2 Å². The molecular formula is C19H14Cl2N4O. The van der Waals surface area contributed by atoms with Gasteiger partial charge in [-0.25, -0.2) is 9.67 Å².